The molecular weight excluding hydrogens is 278 g/mol. The van der Waals surface area contributed by atoms with Crippen molar-refractivity contribution in [2.24, 2.45) is 0 Å². The van der Waals surface area contributed by atoms with Crippen molar-refractivity contribution in [3.63, 3.8) is 0 Å². The summed E-state index contributed by atoms with van der Waals surface area (Å²) >= 11 is 1.82. The minimum absolute atomic E-state index is 0.328. The molecule has 1 aliphatic heterocycles. The van der Waals surface area contributed by atoms with Crippen molar-refractivity contribution in [1.29, 1.82) is 0 Å². The van der Waals surface area contributed by atoms with Crippen LogP contribution in [0.3, 0.4) is 0 Å². The van der Waals surface area contributed by atoms with Crippen LogP contribution in [-0.2, 0) is 19.4 Å². The van der Waals surface area contributed by atoms with Crippen LogP contribution in [0.15, 0.2) is 30.5 Å². The van der Waals surface area contributed by atoms with Gasteiger partial charge in [-0.25, -0.2) is 4.98 Å². The second kappa shape index (κ2) is 6.69. The minimum atomic E-state index is 0.328. The normalized spacial score (nSPS) is 19.2. The SMILES string of the molecule is CCc1cnc(C(C)NCC2Cc3ccccc3CN2)s1. The van der Waals surface area contributed by atoms with Crippen molar-refractivity contribution in [3.8, 4) is 0 Å². The highest BCUT2D eigenvalue weighted by Gasteiger charge is 2.18. The van der Waals surface area contributed by atoms with Gasteiger partial charge in [0, 0.05) is 30.2 Å². The van der Waals surface area contributed by atoms with Crippen molar-refractivity contribution in [2.45, 2.75) is 45.3 Å². The molecule has 3 rings (SSSR count). The van der Waals surface area contributed by atoms with Crippen LogP contribution in [0.5, 0.6) is 0 Å². The van der Waals surface area contributed by atoms with E-state index in [1.165, 1.54) is 21.0 Å². The number of benzene rings is 1. The Balaban J connectivity index is 1.54. The van der Waals surface area contributed by atoms with Crippen molar-refractivity contribution < 1.29 is 0 Å². The van der Waals surface area contributed by atoms with Gasteiger partial charge in [0.05, 0.1) is 6.04 Å². The Morgan fingerprint density at radius 2 is 2.19 bits per heavy atom. The van der Waals surface area contributed by atoms with Crippen LogP contribution < -0.4 is 10.6 Å². The van der Waals surface area contributed by atoms with E-state index in [2.05, 4.69) is 53.7 Å². The maximum atomic E-state index is 4.52. The molecule has 112 valence electrons. The van der Waals surface area contributed by atoms with Gasteiger partial charge in [0.15, 0.2) is 0 Å². The third-order valence-electron chi connectivity index (χ3n) is 4.13. The van der Waals surface area contributed by atoms with Gasteiger partial charge in [-0.15, -0.1) is 11.3 Å². The number of rotatable bonds is 5. The zero-order chi connectivity index (χ0) is 14.7. The first-order chi connectivity index (χ1) is 10.3. The molecule has 0 fully saturated rings. The molecule has 2 atom stereocenters. The van der Waals surface area contributed by atoms with Crippen molar-refractivity contribution in [3.05, 3.63) is 51.5 Å². The summed E-state index contributed by atoms with van der Waals surface area (Å²) in [6.45, 7) is 6.35. The van der Waals surface area contributed by atoms with E-state index in [-0.39, 0.29) is 0 Å². The molecule has 0 amide bonds. The molecule has 2 heterocycles. The second-order valence-corrected chi connectivity index (χ2v) is 6.85. The number of nitrogens with zero attached hydrogens (tertiary/aromatic N) is 1. The fourth-order valence-electron chi connectivity index (χ4n) is 2.76. The first-order valence-electron chi connectivity index (χ1n) is 7.74. The van der Waals surface area contributed by atoms with Crippen molar-refractivity contribution >= 4 is 11.3 Å². The topological polar surface area (TPSA) is 37.0 Å². The van der Waals surface area contributed by atoms with E-state index in [0.717, 1.165) is 25.9 Å². The lowest BCUT2D eigenvalue weighted by atomic mass is 9.96. The summed E-state index contributed by atoms with van der Waals surface area (Å²) in [5.41, 5.74) is 2.92. The number of hydrogen-bond donors (Lipinski definition) is 2. The van der Waals surface area contributed by atoms with E-state index in [1.807, 2.05) is 17.5 Å². The molecule has 1 aliphatic rings. The van der Waals surface area contributed by atoms with E-state index in [1.54, 1.807) is 0 Å². The van der Waals surface area contributed by atoms with E-state index < -0.39 is 0 Å². The van der Waals surface area contributed by atoms with Gasteiger partial charge in [-0.05, 0) is 30.9 Å². The van der Waals surface area contributed by atoms with Gasteiger partial charge in [-0.3, -0.25) is 0 Å². The maximum Gasteiger partial charge on any atom is 0.109 e. The highest BCUT2D eigenvalue weighted by Crippen LogP contribution is 2.21. The maximum absolute atomic E-state index is 4.52. The summed E-state index contributed by atoms with van der Waals surface area (Å²) in [6, 6.07) is 9.56. The molecule has 0 aliphatic carbocycles. The molecule has 3 nitrogen and oxygen atoms in total. The summed E-state index contributed by atoms with van der Waals surface area (Å²) in [5.74, 6) is 0. The summed E-state index contributed by atoms with van der Waals surface area (Å²) in [7, 11) is 0. The number of fused-ring (bicyclic) bond motifs is 1. The van der Waals surface area contributed by atoms with Crippen LogP contribution in [-0.4, -0.2) is 17.6 Å². The minimum Gasteiger partial charge on any atom is -0.308 e. The molecular formula is C17H23N3S. The van der Waals surface area contributed by atoms with E-state index in [0.29, 0.717) is 12.1 Å². The van der Waals surface area contributed by atoms with Gasteiger partial charge in [0.25, 0.3) is 0 Å². The van der Waals surface area contributed by atoms with Gasteiger partial charge >= 0.3 is 0 Å². The smallest absolute Gasteiger partial charge is 0.109 e. The van der Waals surface area contributed by atoms with E-state index in [4.69, 9.17) is 0 Å². The van der Waals surface area contributed by atoms with Crippen LogP contribution in [0.2, 0.25) is 0 Å². The monoisotopic (exact) mass is 301 g/mol. The number of hydrogen-bond acceptors (Lipinski definition) is 4. The summed E-state index contributed by atoms with van der Waals surface area (Å²) in [6.07, 6.45) is 4.19. The first-order valence-corrected chi connectivity index (χ1v) is 8.56. The molecule has 0 bridgehead atoms. The van der Waals surface area contributed by atoms with E-state index in [9.17, 15) is 0 Å². The Morgan fingerprint density at radius 3 is 2.95 bits per heavy atom. The standard InChI is InChI=1S/C17H23N3S/c1-3-16-11-20-17(21-16)12(2)18-10-15-8-13-6-4-5-7-14(13)9-19-15/h4-7,11-12,15,18-19H,3,8-10H2,1-2H3. The second-order valence-electron chi connectivity index (χ2n) is 5.70. The average molecular weight is 301 g/mol. The highest BCUT2D eigenvalue weighted by molar-refractivity contribution is 7.11. The molecule has 1 aromatic heterocycles. The quantitative estimate of drug-likeness (QED) is 0.891. The largest absolute Gasteiger partial charge is 0.308 e. The number of aromatic nitrogens is 1. The van der Waals surface area contributed by atoms with E-state index >= 15 is 0 Å². The van der Waals surface area contributed by atoms with Gasteiger partial charge < -0.3 is 10.6 Å². The number of nitrogens with one attached hydrogen (secondary N) is 2. The van der Waals surface area contributed by atoms with Crippen LogP contribution in [0.4, 0.5) is 0 Å². The predicted octanol–water partition coefficient (Wildman–Crippen LogP) is 3.07. The lowest BCUT2D eigenvalue weighted by molar-refractivity contribution is 0.425. The van der Waals surface area contributed by atoms with Gasteiger partial charge in [-0.2, -0.15) is 0 Å². The average Bonchev–Trinajstić information content (AvgIpc) is 3.01. The Labute approximate surface area is 130 Å². The molecule has 0 saturated carbocycles. The Hall–Kier alpha value is -1.23. The van der Waals surface area contributed by atoms with Gasteiger partial charge in [0.1, 0.15) is 5.01 Å². The molecule has 1 aromatic carbocycles. The molecule has 21 heavy (non-hydrogen) atoms. The van der Waals surface area contributed by atoms with Crippen LogP contribution in [0.1, 0.15) is 40.9 Å². The Kier molecular flexibility index (Phi) is 4.68. The molecule has 0 radical (unpaired) electrons. The molecule has 2 aromatic rings. The number of thiazole rings is 1. The van der Waals surface area contributed by atoms with Crippen LogP contribution in [0.25, 0.3) is 0 Å². The zero-order valence-corrected chi connectivity index (χ0v) is 13.5. The van der Waals surface area contributed by atoms with Crippen molar-refractivity contribution in [1.82, 2.24) is 15.6 Å². The lowest BCUT2D eigenvalue weighted by Crippen LogP contribution is -2.43. The fourth-order valence-corrected chi connectivity index (χ4v) is 3.64. The summed E-state index contributed by atoms with van der Waals surface area (Å²) < 4.78 is 0. The lowest BCUT2D eigenvalue weighted by Gasteiger charge is -2.27. The summed E-state index contributed by atoms with van der Waals surface area (Å²) in [4.78, 5) is 5.89. The predicted molar refractivity (Wildman–Crippen MR) is 88.7 cm³/mol. The van der Waals surface area contributed by atoms with Crippen LogP contribution >= 0.6 is 11.3 Å². The fraction of sp³-hybridized carbons (Fsp3) is 0.471. The molecule has 2 unspecified atom stereocenters. The third kappa shape index (κ3) is 3.51. The Bertz CT molecular complexity index is 593. The Morgan fingerprint density at radius 1 is 1.38 bits per heavy atom. The van der Waals surface area contributed by atoms with Crippen LogP contribution in [0, 0.1) is 0 Å². The third-order valence-corrected chi connectivity index (χ3v) is 5.45. The summed E-state index contributed by atoms with van der Waals surface area (Å²) in [5, 5.41) is 8.44. The molecule has 0 saturated heterocycles. The number of aryl methyl sites for hydroxylation is 1. The molecule has 0 spiro atoms. The molecule has 2 N–H and O–H groups in total. The first kappa shape index (κ1) is 14.7. The van der Waals surface area contributed by atoms with Crippen molar-refractivity contribution in [2.75, 3.05) is 6.54 Å². The van der Waals surface area contributed by atoms with Gasteiger partial charge in [0.2, 0.25) is 0 Å². The zero-order valence-electron chi connectivity index (χ0n) is 12.7. The molecule has 4 heteroatoms. The highest BCUT2D eigenvalue weighted by atomic mass is 32.1. The van der Waals surface area contributed by atoms with Gasteiger partial charge in [-0.1, -0.05) is 31.2 Å².